The van der Waals surface area contributed by atoms with E-state index in [1.807, 2.05) is 79.0 Å². The molecule has 0 bridgehead atoms. The number of fused-ring (bicyclic) bond motifs is 1. The maximum atomic E-state index is 12.7. The second-order valence-electron chi connectivity index (χ2n) is 5.58. The number of aromatic nitrogens is 2. The molecular weight excluding hydrogens is 288 g/mol. The van der Waals surface area contributed by atoms with E-state index in [-0.39, 0.29) is 5.91 Å². The van der Waals surface area contributed by atoms with E-state index in [2.05, 4.69) is 10.3 Å². The lowest BCUT2D eigenvalue weighted by Gasteiger charge is -2.13. The molecule has 2 heterocycles. The van der Waals surface area contributed by atoms with Gasteiger partial charge in [0.2, 0.25) is 0 Å². The number of hydrogen-bond acceptors (Lipinski definition) is 3. The molecule has 5 nitrogen and oxygen atoms in total. The third kappa shape index (κ3) is 2.90. The third-order valence-electron chi connectivity index (χ3n) is 3.79. The largest absolute Gasteiger partial charge is 0.378 e. The van der Waals surface area contributed by atoms with Crippen LogP contribution < -0.4 is 10.2 Å². The van der Waals surface area contributed by atoms with Gasteiger partial charge < -0.3 is 10.2 Å². The number of benzene rings is 1. The zero-order valence-corrected chi connectivity index (χ0v) is 13.6. The van der Waals surface area contributed by atoms with Crippen molar-refractivity contribution in [2.24, 2.45) is 0 Å². The molecule has 0 spiro atoms. The molecule has 0 aliphatic carbocycles. The summed E-state index contributed by atoms with van der Waals surface area (Å²) >= 11 is 0. The topological polar surface area (TPSA) is 49.6 Å². The normalized spacial score (nSPS) is 10.7. The average Bonchev–Trinajstić information content (AvgIpc) is 2.94. The number of nitrogens with one attached hydrogen (secondary N) is 1. The Morgan fingerprint density at radius 3 is 2.57 bits per heavy atom. The molecule has 2 aromatic heterocycles. The lowest BCUT2D eigenvalue weighted by atomic mass is 10.2. The molecule has 0 fully saturated rings. The minimum absolute atomic E-state index is 0.141. The van der Waals surface area contributed by atoms with Crippen LogP contribution in [0.4, 0.5) is 11.4 Å². The average molecular weight is 308 g/mol. The van der Waals surface area contributed by atoms with E-state index in [0.717, 1.165) is 22.7 Å². The van der Waals surface area contributed by atoms with Gasteiger partial charge in [-0.2, -0.15) is 0 Å². The fourth-order valence-electron chi connectivity index (χ4n) is 2.56. The predicted molar refractivity (Wildman–Crippen MR) is 93.3 cm³/mol. The summed E-state index contributed by atoms with van der Waals surface area (Å²) in [5.41, 5.74) is 4.05. The number of carbonyl (C=O) groups excluding carboxylic acids is 1. The second-order valence-corrected chi connectivity index (χ2v) is 5.58. The molecule has 0 radical (unpaired) electrons. The second kappa shape index (κ2) is 6.12. The van der Waals surface area contributed by atoms with Crippen LogP contribution in [-0.2, 0) is 6.42 Å². The number of nitrogens with zero attached hydrogens (tertiary/aromatic N) is 3. The van der Waals surface area contributed by atoms with Gasteiger partial charge in [0.1, 0.15) is 11.3 Å². The van der Waals surface area contributed by atoms with E-state index in [1.54, 1.807) is 0 Å². The molecule has 1 N–H and O–H groups in total. The van der Waals surface area contributed by atoms with Gasteiger partial charge in [0.05, 0.1) is 5.69 Å². The summed E-state index contributed by atoms with van der Waals surface area (Å²) in [5.74, 6) is -0.141. The van der Waals surface area contributed by atoms with E-state index in [4.69, 9.17) is 0 Å². The highest BCUT2D eigenvalue weighted by atomic mass is 16.2. The Morgan fingerprint density at radius 1 is 1.17 bits per heavy atom. The summed E-state index contributed by atoms with van der Waals surface area (Å²) in [5, 5.41) is 2.96. The van der Waals surface area contributed by atoms with Crippen molar-refractivity contribution in [3.63, 3.8) is 0 Å². The number of hydrogen-bond donors (Lipinski definition) is 1. The smallest absolute Gasteiger partial charge is 0.274 e. The van der Waals surface area contributed by atoms with E-state index < -0.39 is 0 Å². The highest BCUT2D eigenvalue weighted by Gasteiger charge is 2.18. The van der Waals surface area contributed by atoms with Crippen molar-refractivity contribution in [1.29, 1.82) is 0 Å². The lowest BCUT2D eigenvalue weighted by molar-refractivity contribution is 0.102. The highest BCUT2D eigenvalue weighted by Crippen LogP contribution is 2.18. The lowest BCUT2D eigenvalue weighted by Crippen LogP contribution is -2.16. The first-order valence-corrected chi connectivity index (χ1v) is 7.65. The van der Waals surface area contributed by atoms with E-state index >= 15 is 0 Å². The van der Waals surface area contributed by atoms with Gasteiger partial charge in [-0.15, -0.1) is 0 Å². The number of imidazole rings is 1. The molecule has 1 aromatic carbocycles. The standard InChI is InChI=1S/C18H20N4O/c1-4-15-17(22-12-6-5-7-16(22)20-15)18(23)19-13-8-10-14(11-9-13)21(2)3/h5-12H,4H2,1-3H3,(H,19,23). The summed E-state index contributed by atoms with van der Waals surface area (Å²) in [6, 6.07) is 13.5. The molecule has 0 unspecified atom stereocenters. The number of anilines is 2. The summed E-state index contributed by atoms with van der Waals surface area (Å²) in [7, 11) is 3.97. The Bertz CT molecular complexity index is 834. The predicted octanol–water partition coefficient (Wildman–Crippen LogP) is 3.22. The summed E-state index contributed by atoms with van der Waals surface area (Å²) < 4.78 is 1.84. The van der Waals surface area contributed by atoms with Crippen molar-refractivity contribution in [3.05, 3.63) is 60.0 Å². The van der Waals surface area contributed by atoms with Crippen molar-refractivity contribution in [1.82, 2.24) is 9.38 Å². The molecule has 0 atom stereocenters. The summed E-state index contributed by atoms with van der Waals surface area (Å²) in [4.78, 5) is 19.3. The van der Waals surface area contributed by atoms with Gasteiger partial charge in [-0.1, -0.05) is 13.0 Å². The Labute approximate surface area is 135 Å². The van der Waals surface area contributed by atoms with Crippen molar-refractivity contribution >= 4 is 22.9 Å². The van der Waals surface area contributed by atoms with Crippen LogP contribution in [0.1, 0.15) is 23.1 Å². The molecule has 0 saturated heterocycles. The molecule has 23 heavy (non-hydrogen) atoms. The maximum absolute atomic E-state index is 12.7. The van der Waals surface area contributed by atoms with E-state index in [0.29, 0.717) is 12.1 Å². The van der Waals surface area contributed by atoms with Crippen molar-refractivity contribution in [2.45, 2.75) is 13.3 Å². The monoisotopic (exact) mass is 308 g/mol. The maximum Gasteiger partial charge on any atom is 0.274 e. The van der Waals surface area contributed by atoms with Gasteiger partial charge in [0, 0.05) is 31.7 Å². The fourth-order valence-corrected chi connectivity index (χ4v) is 2.56. The quantitative estimate of drug-likeness (QED) is 0.805. The molecule has 3 rings (SSSR count). The van der Waals surface area contributed by atoms with Gasteiger partial charge >= 0.3 is 0 Å². The van der Waals surface area contributed by atoms with Crippen LogP contribution in [0, 0.1) is 0 Å². The molecule has 0 aliphatic heterocycles. The van der Waals surface area contributed by atoms with Crippen LogP contribution in [0.2, 0.25) is 0 Å². The van der Waals surface area contributed by atoms with Gasteiger partial charge in [0.15, 0.2) is 0 Å². The van der Waals surface area contributed by atoms with Crippen LogP contribution in [0.25, 0.3) is 5.65 Å². The van der Waals surface area contributed by atoms with Crippen LogP contribution in [0.15, 0.2) is 48.7 Å². The zero-order valence-electron chi connectivity index (χ0n) is 13.6. The molecule has 3 aromatic rings. The summed E-state index contributed by atoms with van der Waals surface area (Å²) in [6.45, 7) is 2.00. The molecule has 118 valence electrons. The van der Waals surface area contributed by atoms with Gasteiger partial charge in [-0.25, -0.2) is 4.98 Å². The van der Waals surface area contributed by atoms with Crippen LogP contribution in [0.3, 0.4) is 0 Å². The zero-order chi connectivity index (χ0) is 16.4. The number of amides is 1. The highest BCUT2D eigenvalue weighted by molar-refractivity contribution is 6.04. The summed E-state index contributed by atoms with van der Waals surface area (Å²) in [6.07, 6.45) is 2.58. The molecule has 5 heteroatoms. The Hall–Kier alpha value is -2.82. The van der Waals surface area contributed by atoms with Gasteiger partial charge in [-0.05, 0) is 42.8 Å². The van der Waals surface area contributed by atoms with Crippen molar-refractivity contribution in [3.8, 4) is 0 Å². The molecule has 0 saturated carbocycles. The number of aryl methyl sites for hydroxylation is 1. The Morgan fingerprint density at radius 2 is 1.91 bits per heavy atom. The first-order chi connectivity index (χ1) is 11.1. The fraction of sp³-hybridized carbons (Fsp3) is 0.222. The SMILES string of the molecule is CCc1nc2ccccn2c1C(=O)Nc1ccc(N(C)C)cc1. The number of pyridine rings is 1. The van der Waals surface area contributed by atoms with E-state index in [1.165, 1.54) is 0 Å². The molecular formula is C18H20N4O. The van der Waals surface area contributed by atoms with Crippen LogP contribution >= 0.6 is 0 Å². The van der Waals surface area contributed by atoms with Gasteiger partial charge in [-0.3, -0.25) is 9.20 Å². The minimum atomic E-state index is -0.141. The molecule has 0 aliphatic rings. The van der Waals surface area contributed by atoms with Crippen LogP contribution in [-0.4, -0.2) is 29.4 Å². The first-order valence-electron chi connectivity index (χ1n) is 7.65. The first kappa shape index (κ1) is 15.1. The number of rotatable bonds is 4. The third-order valence-corrected chi connectivity index (χ3v) is 3.79. The van der Waals surface area contributed by atoms with Crippen molar-refractivity contribution in [2.75, 3.05) is 24.3 Å². The van der Waals surface area contributed by atoms with Crippen molar-refractivity contribution < 1.29 is 4.79 Å². The Kier molecular flexibility index (Phi) is 4.02. The van der Waals surface area contributed by atoms with Gasteiger partial charge in [0.25, 0.3) is 5.91 Å². The molecule has 1 amide bonds. The number of carbonyl (C=O) groups is 1. The minimum Gasteiger partial charge on any atom is -0.378 e. The Balaban J connectivity index is 1.91. The van der Waals surface area contributed by atoms with E-state index in [9.17, 15) is 4.79 Å². The van der Waals surface area contributed by atoms with Crippen LogP contribution in [0.5, 0.6) is 0 Å².